The molecule has 0 atom stereocenters. The Labute approximate surface area is 218 Å². The number of rotatable bonds is 10. The lowest BCUT2D eigenvalue weighted by Gasteiger charge is -2.29. The Balaban J connectivity index is 1.30. The molecule has 198 valence electrons. The minimum Gasteiger partial charge on any atom is -0.493 e. The quantitative estimate of drug-likeness (QED) is 0.306. The fraction of sp³-hybridized carbons (Fsp3) is 0.464. The number of para-hydroxylation sites is 1. The lowest BCUT2D eigenvalue weighted by atomic mass is 9.86. The second kappa shape index (κ2) is 12.1. The van der Waals surface area contributed by atoms with Crippen molar-refractivity contribution in [2.45, 2.75) is 45.2 Å². The average Bonchev–Trinajstić information content (AvgIpc) is 2.89. The summed E-state index contributed by atoms with van der Waals surface area (Å²) in [5.41, 5.74) is 1.96. The first-order chi connectivity index (χ1) is 17.9. The summed E-state index contributed by atoms with van der Waals surface area (Å²) in [6.45, 7) is 2.96. The first-order valence-electron chi connectivity index (χ1n) is 12.7. The molecule has 0 radical (unpaired) electrons. The number of hydrogen-bond acceptors (Lipinski definition) is 9. The number of nitrogens with zero attached hydrogens (tertiary/aromatic N) is 3. The summed E-state index contributed by atoms with van der Waals surface area (Å²) in [6, 6.07) is 12.2. The molecule has 2 aromatic carbocycles. The zero-order chi connectivity index (χ0) is 26.4. The maximum Gasteiger partial charge on any atom is 0.308 e. The van der Waals surface area contributed by atoms with Gasteiger partial charge in [0, 0.05) is 39.0 Å². The summed E-state index contributed by atoms with van der Waals surface area (Å²) in [6.07, 6.45) is 4.44. The number of ether oxygens (including phenoxy) is 3. The third-order valence-electron chi connectivity index (χ3n) is 6.72. The lowest BCUT2D eigenvalue weighted by molar-refractivity contribution is -0.132. The number of fused-ring (bicyclic) bond motifs is 1. The van der Waals surface area contributed by atoms with E-state index in [1.165, 1.54) is 6.92 Å². The van der Waals surface area contributed by atoms with E-state index in [0.717, 1.165) is 54.5 Å². The number of nitrogens with one attached hydrogen (secondary N) is 2. The zero-order valence-electron chi connectivity index (χ0n) is 22.3. The molecule has 1 fully saturated rings. The van der Waals surface area contributed by atoms with Crippen LogP contribution in [0.4, 0.5) is 11.8 Å². The van der Waals surface area contributed by atoms with Gasteiger partial charge in [0.05, 0.1) is 19.7 Å². The smallest absolute Gasteiger partial charge is 0.308 e. The van der Waals surface area contributed by atoms with Gasteiger partial charge in [-0.25, -0.2) is 4.98 Å². The molecule has 1 aliphatic rings. The van der Waals surface area contributed by atoms with E-state index in [2.05, 4.69) is 16.7 Å². The maximum absolute atomic E-state index is 11.4. The fourth-order valence-corrected chi connectivity index (χ4v) is 4.86. The van der Waals surface area contributed by atoms with Crippen LogP contribution in [0.25, 0.3) is 10.9 Å². The lowest BCUT2D eigenvalue weighted by Crippen LogP contribution is -2.31. The second-order valence-electron chi connectivity index (χ2n) is 9.70. The van der Waals surface area contributed by atoms with Gasteiger partial charge in [-0.05, 0) is 68.0 Å². The highest BCUT2D eigenvalue weighted by atomic mass is 16.6. The molecule has 0 spiro atoms. The number of carbonyl (C=O) groups is 1. The van der Waals surface area contributed by atoms with Gasteiger partial charge in [-0.2, -0.15) is 4.98 Å². The molecule has 0 amide bonds. The summed E-state index contributed by atoms with van der Waals surface area (Å²) in [5.74, 6) is 3.08. The molecule has 37 heavy (non-hydrogen) atoms. The largest absolute Gasteiger partial charge is 0.493 e. The molecule has 9 heteroatoms. The van der Waals surface area contributed by atoms with Crippen molar-refractivity contribution in [3.63, 3.8) is 0 Å². The minimum absolute atomic E-state index is 0.306. The molecule has 0 saturated heterocycles. The Morgan fingerprint density at radius 3 is 2.32 bits per heavy atom. The summed E-state index contributed by atoms with van der Waals surface area (Å²) < 4.78 is 16.1. The molecule has 4 rings (SSSR count). The molecule has 3 aromatic rings. The summed E-state index contributed by atoms with van der Waals surface area (Å²) in [4.78, 5) is 23.0. The number of methoxy groups -OCH3 is 2. The Kier molecular flexibility index (Phi) is 8.66. The molecule has 2 N–H and O–H groups in total. The van der Waals surface area contributed by atoms with Gasteiger partial charge < -0.3 is 29.7 Å². The molecule has 1 heterocycles. The van der Waals surface area contributed by atoms with Gasteiger partial charge in [0.25, 0.3) is 0 Å². The highest BCUT2D eigenvalue weighted by molar-refractivity contribution is 5.90. The summed E-state index contributed by atoms with van der Waals surface area (Å²) in [5, 5.41) is 8.21. The van der Waals surface area contributed by atoms with Crippen molar-refractivity contribution in [1.29, 1.82) is 0 Å². The molecule has 9 nitrogen and oxygen atoms in total. The van der Waals surface area contributed by atoms with Gasteiger partial charge in [-0.3, -0.25) is 4.79 Å². The first-order valence-corrected chi connectivity index (χ1v) is 12.7. The van der Waals surface area contributed by atoms with Crippen LogP contribution in [0.5, 0.6) is 17.2 Å². The molecule has 1 aromatic heterocycles. The van der Waals surface area contributed by atoms with Crippen molar-refractivity contribution in [1.82, 2.24) is 15.3 Å². The zero-order valence-corrected chi connectivity index (χ0v) is 22.3. The molecule has 0 unspecified atom stereocenters. The number of hydrogen-bond donors (Lipinski definition) is 2. The molecular weight excluding hydrogens is 470 g/mol. The summed E-state index contributed by atoms with van der Waals surface area (Å²) >= 11 is 0. The third-order valence-corrected chi connectivity index (χ3v) is 6.72. The summed E-state index contributed by atoms with van der Waals surface area (Å²) in [7, 11) is 7.12. The number of esters is 1. The standard InChI is InChI=1S/C28H37N5O4/c1-18(34)37-26-24(35-4)14-20(15-25(26)36-5)17-29-16-19-10-12-21(13-11-19)30-28-31-23-9-7-6-8-22(23)27(32-28)33(2)3/h6-9,14-15,19,21,29H,10-13,16-17H2,1-5H3,(H,30,31,32). The fourth-order valence-electron chi connectivity index (χ4n) is 4.86. The number of benzene rings is 2. The van der Waals surface area contributed by atoms with E-state index >= 15 is 0 Å². The van der Waals surface area contributed by atoms with E-state index in [4.69, 9.17) is 24.2 Å². The topological polar surface area (TPSA) is 97.8 Å². The number of aromatic nitrogens is 2. The van der Waals surface area contributed by atoms with Gasteiger partial charge in [-0.15, -0.1) is 0 Å². The van der Waals surface area contributed by atoms with Crippen LogP contribution in [-0.4, -0.2) is 56.8 Å². The van der Waals surface area contributed by atoms with Crippen LogP contribution in [-0.2, 0) is 11.3 Å². The first kappa shape index (κ1) is 26.5. The van der Waals surface area contributed by atoms with Crippen LogP contribution < -0.4 is 29.7 Å². The molecule has 1 aliphatic carbocycles. The molecule has 1 saturated carbocycles. The minimum atomic E-state index is -0.419. The predicted octanol–water partition coefficient (Wildman–Crippen LogP) is 4.40. The van der Waals surface area contributed by atoms with Crippen molar-refractivity contribution in [3.8, 4) is 17.2 Å². The second-order valence-corrected chi connectivity index (χ2v) is 9.70. The van der Waals surface area contributed by atoms with E-state index in [0.29, 0.717) is 41.7 Å². The molecule has 0 aliphatic heterocycles. The number of carbonyl (C=O) groups excluding carboxylic acids is 1. The predicted molar refractivity (Wildman–Crippen MR) is 146 cm³/mol. The Bertz CT molecular complexity index is 1200. The van der Waals surface area contributed by atoms with Crippen LogP contribution in [0, 0.1) is 5.92 Å². The van der Waals surface area contributed by atoms with Crippen molar-refractivity contribution < 1.29 is 19.0 Å². The van der Waals surface area contributed by atoms with Crippen LogP contribution in [0.15, 0.2) is 36.4 Å². The maximum atomic E-state index is 11.4. The van der Waals surface area contributed by atoms with Crippen LogP contribution in [0.3, 0.4) is 0 Å². The highest BCUT2D eigenvalue weighted by Gasteiger charge is 2.22. The Hall–Kier alpha value is -3.59. The van der Waals surface area contributed by atoms with Gasteiger partial charge in [0.2, 0.25) is 11.7 Å². The van der Waals surface area contributed by atoms with E-state index in [-0.39, 0.29) is 0 Å². The average molecular weight is 508 g/mol. The van der Waals surface area contributed by atoms with Gasteiger partial charge in [0.15, 0.2) is 11.5 Å². The monoisotopic (exact) mass is 507 g/mol. The highest BCUT2D eigenvalue weighted by Crippen LogP contribution is 2.38. The van der Waals surface area contributed by atoms with Crippen molar-refractivity contribution in [2.75, 3.05) is 45.1 Å². The molecular formula is C28H37N5O4. The van der Waals surface area contributed by atoms with Gasteiger partial charge in [-0.1, -0.05) is 12.1 Å². The van der Waals surface area contributed by atoms with Crippen molar-refractivity contribution >= 4 is 28.6 Å². The molecule has 0 bridgehead atoms. The van der Waals surface area contributed by atoms with Crippen LogP contribution >= 0.6 is 0 Å². The van der Waals surface area contributed by atoms with Gasteiger partial charge in [0.1, 0.15) is 5.82 Å². The van der Waals surface area contributed by atoms with E-state index in [1.807, 2.05) is 49.3 Å². The van der Waals surface area contributed by atoms with Gasteiger partial charge >= 0.3 is 5.97 Å². The van der Waals surface area contributed by atoms with Crippen LogP contribution in [0.1, 0.15) is 38.2 Å². The van der Waals surface area contributed by atoms with Crippen LogP contribution in [0.2, 0.25) is 0 Å². The van der Waals surface area contributed by atoms with E-state index in [9.17, 15) is 4.79 Å². The van der Waals surface area contributed by atoms with Crippen molar-refractivity contribution in [2.24, 2.45) is 5.92 Å². The normalized spacial score (nSPS) is 17.3. The Morgan fingerprint density at radius 2 is 1.70 bits per heavy atom. The third kappa shape index (κ3) is 6.60. The van der Waals surface area contributed by atoms with E-state index < -0.39 is 5.97 Å². The van der Waals surface area contributed by atoms with Crippen molar-refractivity contribution in [3.05, 3.63) is 42.0 Å². The number of anilines is 2. The van der Waals surface area contributed by atoms with E-state index in [1.54, 1.807) is 14.2 Å². The SMILES string of the molecule is COc1cc(CNCC2CCC(Nc3nc(N(C)C)c4ccccc4n3)CC2)cc(OC)c1OC(C)=O. The Morgan fingerprint density at radius 1 is 1.03 bits per heavy atom.